The second-order valence-corrected chi connectivity index (χ2v) is 4.47. The number of aromatic nitrogens is 1. The highest BCUT2D eigenvalue weighted by molar-refractivity contribution is 5.98. The number of pyridine rings is 1. The van der Waals surface area contributed by atoms with E-state index in [1.54, 1.807) is 0 Å². The van der Waals surface area contributed by atoms with Crippen LogP contribution in [0.1, 0.15) is 0 Å². The highest BCUT2D eigenvalue weighted by atomic mass is 19.4. The average Bonchev–Trinajstić information content (AvgIpc) is 2.76. The van der Waals surface area contributed by atoms with Gasteiger partial charge in [0.2, 0.25) is 5.95 Å². The zero-order valence-corrected chi connectivity index (χ0v) is 12.0. The standard InChI is InChI=1S/C10H10FN3O3.C2HF3O2/c1-13-7(9(15)16)5-14(10(13)17)6-3-2-4-12-8(6)11;3-2(4,5)1(6)7/h2-4,7H,5H2,1H3,(H,15,16);(H,6,7). The molecule has 1 aromatic rings. The van der Waals surface area contributed by atoms with Gasteiger partial charge in [0.1, 0.15) is 11.7 Å². The summed E-state index contributed by atoms with van der Waals surface area (Å²) in [4.78, 5) is 37.1. The summed E-state index contributed by atoms with van der Waals surface area (Å²) < 4.78 is 45.1. The van der Waals surface area contributed by atoms with Crippen molar-refractivity contribution < 1.29 is 42.2 Å². The molecule has 1 fully saturated rings. The van der Waals surface area contributed by atoms with Crippen molar-refractivity contribution >= 4 is 23.7 Å². The first-order valence-corrected chi connectivity index (χ1v) is 6.14. The van der Waals surface area contributed by atoms with Gasteiger partial charge in [0, 0.05) is 13.2 Å². The molecule has 2 heterocycles. The predicted molar refractivity (Wildman–Crippen MR) is 69.8 cm³/mol. The number of alkyl halides is 3. The molecule has 0 aliphatic carbocycles. The molecule has 24 heavy (non-hydrogen) atoms. The highest BCUT2D eigenvalue weighted by Crippen LogP contribution is 2.24. The molecule has 0 saturated carbocycles. The Morgan fingerprint density at radius 1 is 1.33 bits per heavy atom. The molecule has 0 bridgehead atoms. The number of anilines is 1. The summed E-state index contributed by atoms with van der Waals surface area (Å²) in [6.07, 6.45) is -3.82. The molecule has 2 N–H and O–H groups in total. The third-order valence-electron chi connectivity index (χ3n) is 2.91. The Kier molecular flexibility index (Phi) is 5.66. The van der Waals surface area contributed by atoms with Crippen molar-refractivity contribution in [3.8, 4) is 0 Å². The van der Waals surface area contributed by atoms with Crippen molar-refractivity contribution in [1.29, 1.82) is 0 Å². The Labute approximate surface area is 131 Å². The van der Waals surface area contributed by atoms with Crippen LogP contribution >= 0.6 is 0 Å². The number of carboxylic acid groups (broad SMARTS) is 2. The molecule has 1 saturated heterocycles. The van der Waals surface area contributed by atoms with Crippen LogP contribution in [0.3, 0.4) is 0 Å². The van der Waals surface area contributed by atoms with Gasteiger partial charge in [-0.3, -0.25) is 4.90 Å². The number of likely N-dealkylation sites (N-methyl/N-ethyl adjacent to an activating group) is 1. The van der Waals surface area contributed by atoms with E-state index in [1.165, 1.54) is 25.4 Å². The van der Waals surface area contributed by atoms with Crippen molar-refractivity contribution in [2.45, 2.75) is 12.2 Å². The lowest BCUT2D eigenvalue weighted by atomic mass is 10.3. The maximum absolute atomic E-state index is 13.4. The molecule has 0 radical (unpaired) electrons. The number of carboxylic acids is 2. The molecule has 1 atom stereocenters. The van der Waals surface area contributed by atoms with Crippen molar-refractivity contribution in [2.24, 2.45) is 0 Å². The number of nitrogens with zero attached hydrogens (tertiary/aromatic N) is 3. The van der Waals surface area contributed by atoms with Crippen LogP contribution in [0.25, 0.3) is 0 Å². The zero-order chi connectivity index (χ0) is 18.7. The number of aliphatic carboxylic acids is 2. The average molecular weight is 353 g/mol. The van der Waals surface area contributed by atoms with Gasteiger partial charge in [0.25, 0.3) is 0 Å². The molecule has 0 aromatic carbocycles. The van der Waals surface area contributed by atoms with E-state index in [-0.39, 0.29) is 12.2 Å². The highest BCUT2D eigenvalue weighted by Gasteiger charge is 2.40. The van der Waals surface area contributed by atoms with Gasteiger partial charge in [0.15, 0.2) is 0 Å². The number of halogens is 4. The third-order valence-corrected chi connectivity index (χ3v) is 2.91. The van der Waals surface area contributed by atoms with Crippen molar-refractivity contribution in [3.63, 3.8) is 0 Å². The zero-order valence-electron chi connectivity index (χ0n) is 12.0. The summed E-state index contributed by atoms with van der Waals surface area (Å²) in [7, 11) is 1.37. The molecule has 2 rings (SSSR count). The van der Waals surface area contributed by atoms with E-state index in [1.807, 2.05) is 0 Å². The van der Waals surface area contributed by atoms with E-state index in [2.05, 4.69) is 4.98 Å². The summed E-state index contributed by atoms with van der Waals surface area (Å²) in [5, 5.41) is 16.0. The fourth-order valence-corrected chi connectivity index (χ4v) is 1.72. The quantitative estimate of drug-likeness (QED) is 0.610. The SMILES string of the molecule is CN1C(=O)N(c2cccnc2F)CC1C(=O)O.O=C(O)C(F)(F)F. The second kappa shape index (κ2) is 7.10. The van der Waals surface area contributed by atoms with Gasteiger partial charge in [-0.15, -0.1) is 0 Å². The van der Waals surface area contributed by atoms with E-state index >= 15 is 0 Å². The van der Waals surface area contributed by atoms with Crippen LogP contribution < -0.4 is 4.90 Å². The maximum atomic E-state index is 13.4. The molecular formula is C12H11F4N3O5. The number of rotatable bonds is 2. The fourth-order valence-electron chi connectivity index (χ4n) is 1.72. The molecular weight excluding hydrogens is 342 g/mol. The lowest BCUT2D eigenvalue weighted by Crippen LogP contribution is -2.36. The van der Waals surface area contributed by atoms with Gasteiger partial charge in [0.05, 0.1) is 6.54 Å². The Morgan fingerprint density at radius 2 is 1.88 bits per heavy atom. The topological polar surface area (TPSA) is 111 Å². The van der Waals surface area contributed by atoms with E-state index < -0.39 is 36.1 Å². The van der Waals surface area contributed by atoms with Crippen LogP contribution in [0.2, 0.25) is 0 Å². The maximum Gasteiger partial charge on any atom is 0.490 e. The summed E-state index contributed by atoms with van der Waals surface area (Å²) in [6, 6.07) is 1.35. The molecule has 1 aliphatic heterocycles. The fraction of sp³-hybridized carbons (Fsp3) is 0.333. The van der Waals surface area contributed by atoms with Gasteiger partial charge >= 0.3 is 24.1 Å². The molecule has 1 unspecified atom stereocenters. The van der Waals surface area contributed by atoms with Gasteiger partial charge in [-0.2, -0.15) is 17.6 Å². The molecule has 132 valence electrons. The van der Waals surface area contributed by atoms with Crippen LogP contribution in [0.4, 0.5) is 28.0 Å². The van der Waals surface area contributed by atoms with E-state index in [4.69, 9.17) is 15.0 Å². The Hall–Kier alpha value is -2.92. The van der Waals surface area contributed by atoms with E-state index in [0.717, 1.165) is 9.80 Å². The summed E-state index contributed by atoms with van der Waals surface area (Å²) in [5.41, 5.74) is -0.00639. The first kappa shape index (κ1) is 19.1. The van der Waals surface area contributed by atoms with Crippen LogP contribution in [-0.4, -0.2) is 63.9 Å². The number of carbonyl (C=O) groups is 3. The van der Waals surface area contributed by atoms with Crippen LogP contribution in [0.5, 0.6) is 0 Å². The normalized spacial score (nSPS) is 17.4. The lowest BCUT2D eigenvalue weighted by Gasteiger charge is -2.15. The van der Waals surface area contributed by atoms with E-state index in [9.17, 15) is 27.2 Å². The summed E-state index contributed by atoms with van der Waals surface area (Å²) >= 11 is 0. The van der Waals surface area contributed by atoms with Gasteiger partial charge in [-0.1, -0.05) is 0 Å². The first-order valence-electron chi connectivity index (χ1n) is 6.14. The predicted octanol–water partition coefficient (Wildman–Crippen LogP) is 1.18. The number of carbonyl (C=O) groups excluding carboxylic acids is 1. The Bertz CT molecular complexity index is 652. The smallest absolute Gasteiger partial charge is 0.480 e. The molecule has 1 aliphatic rings. The molecule has 2 amide bonds. The number of hydrogen-bond acceptors (Lipinski definition) is 4. The molecule has 8 nitrogen and oxygen atoms in total. The minimum Gasteiger partial charge on any atom is -0.480 e. The lowest BCUT2D eigenvalue weighted by molar-refractivity contribution is -0.192. The molecule has 0 spiro atoms. The van der Waals surface area contributed by atoms with Crippen LogP contribution in [-0.2, 0) is 9.59 Å². The van der Waals surface area contributed by atoms with Gasteiger partial charge in [-0.25, -0.2) is 19.4 Å². The first-order chi connectivity index (χ1) is 11.0. The molecule has 1 aromatic heterocycles. The minimum atomic E-state index is -5.08. The summed E-state index contributed by atoms with van der Waals surface area (Å²) in [6.45, 7) is -0.0900. The van der Waals surface area contributed by atoms with Crippen LogP contribution in [0, 0.1) is 5.95 Å². The van der Waals surface area contributed by atoms with Gasteiger partial charge < -0.3 is 15.1 Å². The summed E-state index contributed by atoms with van der Waals surface area (Å²) in [5.74, 6) is -4.67. The second-order valence-electron chi connectivity index (χ2n) is 4.47. The Morgan fingerprint density at radius 3 is 2.25 bits per heavy atom. The third kappa shape index (κ3) is 4.30. The minimum absolute atomic E-state index is 0.00639. The number of hydrogen-bond donors (Lipinski definition) is 2. The van der Waals surface area contributed by atoms with Gasteiger partial charge in [-0.05, 0) is 12.1 Å². The van der Waals surface area contributed by atoms with E-state index in [0.29, 0.717) is 0 Å². The Balaban J connectivity index is 0.000000351. The van der Waals surface area contributed by atoms with Crippen LogP contribution in [0.15, 0.2) is 18.3 Å². The monoisotopic (exact) mass is 353 g/mol. The van der Waals surface area contributed by atoms with Crippen molar-refractivity contribution in [2.75, 3.05) is 18.5 Å². The molecule has 12 heteroatoms. The van der Waals surface area contributed by atoms with Crippen molar-refractivity contribution in [1.82, 2.24) is 9.88 Å². The van der Waals surface area contributed by atoms with Crippen molar-refractivity contribution in [3.05, 3.63) is 24.3 Å². The number of urea groups is 1. The largest absolute Gasteiger partial charge is 0.490 e. The number of amides is 2.